The van der Waals surface area contributed by atoms with E-state index in [4.69, 9.17) is 5.11 Å². The van der Waals surface area contributed by atoms with Crippen LogP contribution in [0.3, 0.4) is 0 Å². The molecule has 0 unspecified atom stereocenters. The fourth-order valence-corrected chi connectivity index (χ4v) is 1.38. The quantitative estimate of drug-likeness (QED) is 0.789. The van der Waals surface area contributed by atoms with Gasteiger partial charge in [-0.1, -0.05) is 24.3 Å². The van der Waals surface area contributed by atoms with E-state index in [-0.39, 0.29) is 0 Å². The third kappa shape index (κ3) is 2.92. The summed E-state index contributed by atoms with van der Waals surface area (Å²) in [4.78, 5) is 11.0. The van der Waals surface area contributed by atoms with E-state index in [0.717, 1.165) is 17.7 Å². The fraction of sp³-hybridized carbons (Fsp3) is 0.250. The Labute approximate surface area is 89.4 Å². The summed E-state index contributed by atoms with van der Waals surface area (Å²) in [6.45, 7) is 2.64. The maximum Gasteiger partial charge on any atom is 0.336 e. The van der Waals surface area contributed by atoms with Crippen LogP contribution in [-0.2, 0) is 0 Å². The van der Waals surface area contributed by atoms with Crippen molar-refractivity contribution in [3.63, 3.8) is 0 Å². The molecule has 1 aromatic rings. The van der Waals surface area contributed by atoms with E-state index in [1.54, 1.807) is 12.1 Å². The van der Waals surface area contributed by atoms with Gasteiger partial charge in [0, 0.05) is 6.54 Å². The number of nitrogens with one attached hydrogen (secondary N) is 1. The zero-order valence-corrected chi connectivity index (χ0v) is 8.95. The summed E-state index contributed by atoms with van der Waals surface area (Å²) in [5, 5.41) is 12.0. The van der Waals surface area contributed by atoms with E-state index in [0.29, 0.717) is 5.56 Å². The molecule has 1 rings (SSSR count). The number of benzene rings is 1. The Morgan fingerprint density at radius 1 is 1.53 bits per heavy atom. The monoisotopic (exact) mass is 205 g/mol. The molecule has 3 heteroatoms. The van der Waals surface area contributed by atoms with Gasteiger partial charge in [0.15, 0.2) is 0 Å². The molecule has 0 heterocycles. The number of rotatable bonds is 4. The molecule has 0 fully saturated rings. The third-order valence-electron chi connectivity index (χ3n) is 2.16. The number of carbonyl (C=O) groups is 1. The number of carboxylic acids is 1. The van der Waals surface area contributed by atoms with Crippen LogP contribution in [0.4, 0.5) is 0 Å². The van der Waals surface area contributed by atoms with Gasteiger partial charge in [-0.3, -0.25) is 0 Å². The lowest BCUT2D eigenvalue weighted by atomic mass is 10.0. The van der Waals surface area contributed by atoms with Crippen LogP contribution in [0.2, 0.25) is 0 Å². The molecule has 0 aliphatic carbocycles. The number of aryl methyl sites for hydroxylation is 1. The Hall–Kier alpha value is -1.61. The van der Waals surface area contributed by atoms with E-state index >= 15 is 0 Å². The van der Waals surface area contributed by atoms with Crippen LogP contribution in [0.25, 0.3) is 6.08 Å². The molecule has 80 valence electrons. The van der Waals surface area contributed by atoms with E-state index in [1.807, 2.05) is 32.2 Å². The Morgan fingerprint density at radius 3 is 2.87 bits per heavy atom. The smallest absolute Gasteiger partial charge is 0.336 e. The molecule has 0 radical (unpaired) electrons. The van der Waals surface area contributed by atoms with Crippen LogP contribution >= 0.6 is 0 Å². The average molecular weight is 205 g/mol. The highest BCUT2D eigenvalue weighted by Gasteiger charge is 2.08. The standard InChI is InChI=1S/C12H15NO2/c1-9-5-3-6-11(12(14)15)10(9)7-4-8-13-2/h3-7,13H,8H2,1-2H3,(H,14,15). The molecule has 0 aliphatic heterocycles. The second kappa shape index (κ2) is 5.32. The second-order valence-electron chi connectivity index (χ2n) is 3.30. The van der Waals surface area contributed by atoms with Crippen molar-refractivity contribution in [2.75, 3.05) is 13.6 Å². The molecular weight excluding hydrogens is 190 g/mol. The van der Waals surface area contributed by atoms with E-state index in [9.17, 15) is 4.79 Å². The predicted octanol–water partition coefficient (Wildman–Crippen LogP) is 1.93. The minimum Gasteiger partial charge on any atom is -0.478 e. The van der Waals surface area contributed by atoms with E-state index in [1.165, 1.54) is 0 Å². The molecule has 0 atom stereocenters. The highest BCUT2D eigenvalue weighted by atomic mass is 16.4. The van der Waals surface area contributed by atoms with Gasteiger partial charge in [0.1, 0.15) is 0 Å². The van der Waals surface area contributed by atoms with Crippen molar-refractivity contribution in [2.45, 2.75) is 6.92 Å². The molecule has 0 amide bonds. The normalized spacial score (nSPS) is 10.8. The number of hydrogen-bond donors (Lipinski definition) is 2. The first kappa shape index (κ1) is 11.5. The van der Waals surface area contributed by atoms with Gasteiger partial charge in [-0.25, -0.2) is 4.79 Å². The van der Waals surface area contributed by atoms with Crippen molar-refractivity contribution in [3.8, 4) is 0 Å². The fourth-order valence-electron chi connectivity index (χ4n) is 1.38. The number of carboxylic acid groups (broad SMARTS) is 1. The number of hydrogen-bond acceptors (Lipinski definition) is 2. The van der Waals surface area contributed by atoms with Crippen LogP contribution < -0.4 is 5.32 Å². The highest BCUT2D eigenvalue weighted by molar-refractivity contribution is 5.92. The number of likely N-dealkylation sites (N-methyl/N-ethyl adjacent to an activating group) is 1. The lowest BCUT2D eigenvalue weighted by Crippen LogP contribution is -2.05. The first-order valence-electron chi connectivity index (χ1n) is 4.81. The number of aromatic carboxylic acids is 1. The molecular formula is C12H15NO2. The van der Waals surface area contributed by atoms with E-state index in [2.05, 4.69) is 5.32 Å². The van der Waals surface area contributed by atoms with Gasteiger partial charge in [0.2, 0.25) is 0 Å². The summed E-state index contributed by atoms with van der Waals surface area (Å²) in [6.07, 6.45) is 3.75. The Morgan fingerprint density at radius 2 is 2.27 bits per heavy atom. The van der Waals surface area contributed by atoms with Crippen LogP contribution in [0.1, 0.15) is 21.5 Å². The van der Waals surface area contributed by atoms with Gasteiger partial charge in [-0.2, -0.15) is 0 Å². The molecule has 0 aromatic heterocycles. The zero-order valence-electron chi connectivity index (χ0n) is 8.95. The summed E-state index contributed by atoms with van der Waals surface area (Å²) in [7, 11) is 1.85. The van der Waals surface area contributed by atoms with Gasteiger partial charge >= 0.3 is 5.97 Å². The van der Waals surface area contributed by atoms with Crippen LogP contribution in [0.15, 0.2) is 24.3 Å². The maximum atomic E-state index is 11.0. The first-order chi connectivity index (χ1) is 7.16. The minimum atomic E-state index is -0.886. The molecule has 3 nitrogen and oxygen atoms in total. The predicted molar refractivity (Wildman–Crippen MR) is 61.1 cm³/mol. The van der Waals surface area contributed by atoms with Crippen LogP contribution in [0, 0.1) is 6.92 Å². The molecule has 0 saturated carbocycles. The van der Waals surface area contributed by atoms with Gasteiger partial charge in [0.05, 0.1) is 5.56 Å². The molecule has 0 spiro atoms. The topological polar surface area (TPSA) is 49.3 Å². The van der Waals surface area contributed by atoms with Crippen molar-refractivity contribution >= 4 is 12.0 Å². The summed E-state index contributed by atoms with van der Waals surface area (Å²) in [6, 6.07) is 5.29. The lowest BCUT2D eigenvalue weighted by Gasteiger charge is -2.04. The first-order valence-corrected chi connectivity index (χ1v) is 4.81. The van der Waals surface area contributed by atoms with Gasteiger partial charge < -0.3 is 10.4 Å². The van der Waals surface area contributed by atoms with Crippen molar-refractivity contribution in [3.05, 3.63) is 41.0 Å². The SMILES string of the molecule is CNCC=Cc1c(C)cccc1C(=O)O. The van der Waals surface area contributed by atoms with Gasteiger partial charge in [-0.05, 0) is 31.2 Å². The lowest BCUT2D eigenvalue weighted by molar-refractivity contribution is 0.0696. The van der Waals surface area contributed by atoms with Crippen LogP contribution in [-0.4, -0.2) is 24.7 Å². The van der Waals surface area contributed by atoms with Gasteiger partial charge in [-0.15, -0.1) is 0 Å². The van der Waals surface area contributed by atoms with Crippen molar-refractivity contribution in [1.82, 2.24) is 5.32 Å². The maximum absolute atomic E-state index is 11.0. The molecule has 0 saturated heterocycles. The van der Waals surface area contributed by atoms with Crippen LogP contribution in [0.5, 0.6) is 0 Å². The summed E-state index contributed by atoms with van der Waals surface area (Å²) < 4.78 is 0. The molecule has 2 N–H and O–H groups in total. The van der Waals surface area contributed by atoms with Crippen molar-refractivity contribution in [1.29, 1.82) is 0 Å². The molecule has 0 aliphatic rings. The Bertz CT molecular complexity index is 383. The summed E-state index contributed by atoms with van der Waals surface area (Å²) in [5.74, 6) is -0.886. The largest absolute Gasteiger partial charge is 0.478 e. The van der Waals surface area contributed by atoms with Crippen molar-refractivity contribution in [2.24, 2.45) is 0 Å². The van der Waals surface area contributed by atoms with Crippen molar-refractivity contribution < 1.29 is 9.90 Å². The summed E-state index contributed by atoms with van der Waals surface area (Å²) in [5.41, 5.74) is 2.10. The minimum absolute atomic E-state index is 0.349. The third-order valence-corrected chi connectivity index (χ3v) is 2.16. The highest BCUT2D eigenvalue weighted by Crippen LogP contribution is 2.15. The van der Waals surface area contributed by atoms with Gasteiger partial charge in [0.25, 0.3) is 0 Å². The molecule has 15 heavy (non-hydrogen) atoms. The summed E-state index contributed by atoms with van der Waals surface area (Å²) >= 11 is 0. The molecule has 0 bridgehead atoms. The molecule has 1 aromatic carbocycles. The Kier molecular flexibility index (Phi) is 4.06. The second-order valence-corrected chi connectivity index (χ2v) is 3.30. The zero-order chi connectivity index (χ0) is 11.3. The average Bonchev–Trinajstić information content (AvgIpc) is 2.20. The van der Waals surface area contributed by atoms with E-state index < -0.39 is 5.97 Å². The Balaban J connectivity index is 3.07.